The minimum Gasteiger partial charge on any atom is -0.399 e. The number of rotatable bonds is 5. The number of carbonyl (C=O) groups is 2. The summed E-state index contributed by atoms with van der Waals surface area (Å²) in [5, 5.41) is 6.20. The Hall–Kier alpha value is -1.75. The van der Waals surface area contributed by atoms with Crippen LogP contribution in [0.5, 0.6) is 0 Å². The van der Waals surface area contributed by atoms with E-state index in [0.717, 1.165) is 36.9 Å². The van der Waals surface area contributed by atoms with Gasteiger partial charge in [0.15, 0.2) is 0 Å². The highest BCUT2D eigenvalue weighted by molar-refractivity contribution is 5.93. The molecule has 27 heavy (non-hydrogen) atoms. The quantitative estimate of drug-likeness (QED) is 0.655. The highest BCUT2D eigenvalue weighted by atomic mass is 35.5. The molecule has 0 heterocycles. The van der Waals surface area contributed by atoms with E-state index in [0.29, 0.717) is 18.0 Å². The van der Waals surface area contributed by atoms with E-state index in [1.165, 1.54) is 25.7 Å². The van der Waals surface area contributed by atoms with Gasteiger partial charge in [-0.1, -0.05) is 18.9 Å². The summed E-state index contributed by atoms with van der Waals surface area (Å²) >= 11 is 0. The smallest absolute Gasteiger partial charge is 0.227 e. The molecule has 0 spiro atoms. The van der Waals surface area contributed by atoms with Crippen molar-refractivity contribution in [2.75, 3.05) is 11.1 Å². The van der Waals surface area contributed by atoms with E-state index < -0.39 is 0 Å². The lowest BCUT2D eigenvalue weighted by molar-refractivity contribution is -0.123. The van der Waals surface area contributed by atoms with E-state index in [1.807, 2.05) is 25.1 Å². The van der Waals surface area contributed by atoms with Crippen molar-refractivity contribution >= 4 is 35.6 Å². The van der Waals surface area contributed by atoms with E-state index in [-0.39, 0.29) is 36.2 Å². The number of benzene rings is 1. The Labute approximate surface area is 168 Å². The van der Waals surface area contributed by atoms with E-state index in [4.69, 9.17) is 5.73 Å². The summed E-state index contributed by atoms with van der Waals surface area (Å²) in [5.74, 6) is 0.854. The predicted octanol–water partition coefficient (Wildman–Crippen LogP) is 4.19. The number of halogens is 1. The number of aryl methyl sites for hydroxylation is 1. The summed E-state index contributed by atoms with van der Waals surface area (Å²) in [7, 11) is 0. The number of nitrogens with one attached hydrogen (secondary N) is 2. The lowest BCUT2D eigenvalue weighted by Crippen LogP contribution is -2.40. The van der Waals surface area contributed by atoms with Gasteiger partial charge in [0.05, 0.1) is 0 Å². The standard InChI is InChI=1S/C21H31N3O2.ClH/c1-14-6-9-17(22)13-19(14)24-21(26)16-7-10-18(11-8-16)23-20(25)12-15-4-2-3-5-15;/h6,9,13,15-16,18H,2-5,7-8,10-12,22H2,1H3,(H,23,25)(H,24,26);1H. The highest BCUT2D eigenvalue weighted by Gasteiger charge is 2.28. The van der Waals surface area contributed by atoms with Crippen LogP contribution in [0, 0.1) is 18.8 Å². The molecule has 0 radical (unpaired) electrons. The number of anilines is 2. The number of nitrogens with two attached hydrogens (primary N) is 1. The first-order valence-electron chi connectivity index (χ1n) is 9.97. The van der Waals surface area contributed by atoms with Crippen LogP contribution in [0.15, 0.2) is 18.2 Å². The van der Waals surface area contributed by atoms with Crippen molar-refractivity contribution in [3.63, 3.8) is 0 Å². The van der Waals surface area contributed by atoms with Gasteiger partial charge in [0.25, 0.3) is 0 Å². The second-order valence-electron chi connectivity index (χ2n) is 8.03. The van der Waals surface area contributed by atoms with Crippen molar-refractivity contribution in [1.29, 1.82) is 0 Å². The fraction of sp³-hybridized carbons (Fsp3) is 0.619. The minimum absolute atomic E-state index is 0. The highest BCUT2D eigenvalue weighted by Crippen LogP contribution is 2.29. The topological polar surface area (TPSA) is 84.2 Å². The molecule has 6 heteroatoms. The fourth-order valence-electron chi connectivity index (χ4n) is 4.27. The predicted molar refractivity (Wildman–Crippen MR) is 112 cm³/mol. The van der Waals surface area contributed by atoms with Crippen LogP contribution in [0.3, 0.4) is 0 Å². The molecule has 4 N–H and O–H groups in total. The summed E-state index contributed by atoms with van der Waals surface area (Å²) < 4.78 is 0. The molecule has 2 saturated carbocycles. The maximum absolute atomic E-state index is 12.6. The molecule has 0 atom stereocenters. The zero-order valence-corrected chi connectivity index (χ0v) is 16.9. The lowest BCUT2D eigenvalue weighted by atomic mass is 9.85. The normalized spacial score (nSPS) is 22.7. The van der Waals surface area contributed by atoms with Crippen molar-refractivity contribution in [2.24, 2.45) is 11.8 Å². The third kappa shape index (κ3) is 6.13. The molecule has 0 bridgehead atoms. The molecule has 1 aromatic carbocycles. The van der Waals surface area contributed by atoms with E-state index in [1.54, 1.807) is 0 Å². The number of carbonyl (C=O) groups excluding carboxylic acids is 2. The Morgan fingerprint density at radius 3 is 2.41 bits per heavy atom. The molecule has 0 saturated heterocycles. The molecule has 2 aliphatic carbocycles. The minimum atomic E-state index is 0. The Morgan fingerprint density at radius 1 is 1.07 bits per heavy atom. The Bertz CT molecular complexity index is 651. The van der Waals surface area contributed by atoms with Crippen molar-refractivity contribution in [3.8, 4) is 0 Å². The Balaban J connectivity index is 0.00000261. The van der Waals surface area contributed by atoms with Crippen LogP contribution in [-0.4, -0.2) is 17.9 Å². The molecule has 1 aromatic rings. The van der Waals surface area contributed by atoms with Crippen LogP contribution in [0.2, 0.25) is 0 Å². The summed E-state index contributed by atoms with van der Waals surface area (Å²) in [6.45, 7) is 1.96. The first-order chi connectivity index (χ1) is 12.5. The second-order valence-corrected chi connectivity index (χ2v) is 8.03. The van der Waals surface area contributed by atoms with Crippen LogP contribution in [0.1, 0.15) is 63.4 Å². The summed E-state index contributed by atoms with van der Waals surface area (Å²) in [6, 6.07) is 5.79. The summed E-state index contributed by atoms with van der Waals surface area (Å²) in [5.41, 5.74) is 8.27. The molecule has 3 rings (SSSR count). The third-order valence-corrected chi connectivity index (χ3v) is 5.93. The van der Waals surface area contributed by atoms with Gasteiger partial charge < -0.3 is 16.4 Å². The Kier molecular flexibility index (Phi) is 7.96. The van der Waals surface area contributed by atoms with Gasteiger partial charge in [-0.15, -0.1) is 12.4 Å². The Morgan fingerprint density at radius 2 is 1.74 bits per heavy atom. The van der Waals surface area contributed by atoms with Gasteiger partial charge in [0, 0.05) is 29.8 Å². The first-order valence-corrected chi connectivity index (χ1v) is 9.97. The monoisotopic (exact) mass is 393 g/mol. The molecule has 0 aliphatic heterocycles. The van der Waals surface area contributed by atoms with Gasteiger partial charge in [-0.2, -0.15) is 0 Å². The van der Waals surface area contributed by atoms with E-state index in [9.17, 15) is 9.59 Å². The van der Waals surface area contributed by atoms with Gasteiger partial charge in [-0.05, 0) is 69.1 Å². The molecule has 2 fully saturated rings. The summed E-state index contributed by atoms with van der Waals surface area (Å²) in [4.78, 5) is 24.7. The number of hydrogen-bond donors (Lipinski definition) is 3. The average Bonchev–Trinajstić information content (AvgIpc) is 3.11. The van der Waals surface area contributed by atoms with E-state index >= 15 is 0 Å². The number of amides is 2. The van der Waals surface area contributed by atoms with Crippen LogP contribution < -0.4 is 16.4 Å². The van der Waals surface area contributed by atoms with Crippen molar-refractivity contribution in [3.05, 3.63) is 23.8 Å². The molecule has 2 amide bonds. The lowest BCUT2D eigenvalue weighted by Gasteiger charge is -2.29. The van der Waals surface area contributed by atoms with Gasteiger partial charge >= 0.3 is 0 Å². The fourth-order valence-corrected chi connectivity index (χ4v) is 4.27. The zero-order valence-electron chi connectivity index (χ0n) is 16.1. The SMILES string of the molecule is Cc1ccc(N)cc1NC(=O)C1CCC(NC(=O)CC2CCCC2)CC1.Cl. The molecule has 150 valence electrons. The van der Waals surface area contributed by atoms with Crippen LogP contribution >= 0.6 is 12.4 Å². The molecule has 2 aliphatic rings. The molecular formula is C21H32ClN3O2. The number of hydrogen-bond acceptors (Lipinski definition) is 3. The van der Waals surface area contributed by atoms with E-state index in [2.05, 4.69) is 10.6 Å². The van der Waals surface area contributed by atoms with Crippen molar-refractivity contribution in [2.45, 2.75) is 70.8 Å². The average molecular weight is 394 g/mol. The summed E-state index contributed by atoms with van der Waals surface area (Å²) in [6.07, 6.45) is 9.01. The number of nitrogen functional groups attached to an aromatic ring is 1. The van der Waals surface area contributed by atoms with Crippen LogP contribution in [-0.2, 0) is 9.59 Å². The van der Waals surface area contributed by atoms with Crippen molar-refractivity contribution < 1.29 is 9.59 Å². The second kappa shape index (κ2) is 9.98. The van der Waals surface area contributed by atoms with Gasteiger partial charge in [0.1, 0.15) is 0 Å². The molecular weight excluding hydrogens is 362 g/mol. The zero-order chi connectivity index (χ0) is 18.5. The van der Waals surface area contributed by atoms with Crippen LogP contribution in [0.4, 0.5) is 11.4 Å². The van der Waals surface area contributed by atoms with Crippen molar-refractivity contribution in [1.82, 2.24) is 5.32 Å². The van der Waals surface area contributed by atoms with Crippen LogP contribution in [0.25, 0.3) is 0 Å². The molecule has 0 unspecified atom stereocenters. The van der Waals surface area contributed by atoms with Gasteiger partial charge in [-0.25, -0.2) is 0 Å². The third-order valence-electron chi connectivity index (χ3n) is 5.93. The van der Waals surface area contributed by atoms with Gasteiger partial charge in [-0.3, -0.25) is 9.59 Å². The molecule has 0 aromatic heterocycles. The largest absolute Gasteiger partial charge is 0.399 e. The van der Waals surface area contributed by atoms with Gasteiger partial charge in [0.2, 0.25) is 11.8 Å². The first kappa shape index (κ1) is 21.5. The maximum atomic E-state index is 12.6. The maximum Gasteiger partial charge on any atom is 0.227 e. The molecule has 5 nitrogen and oxygen atoms in total.